The topological polar surface area (TPSA) is 64.3 Å². The molecule has 0 aliphatic rings. The van der Waals surface area contributed by atoms with Crippen molar-refractivity contribution < 1.29 is 13.9 Å². The van der Waals surface area contributed by atoms with Gasteiger partial charge in [-0.1, -0.05) is 12.1 Å². The zero-order valence-corrected chi connectivity index (χ0v) is 11.7. The van der Waals surface area contributed by atoms with Crippen molar-refractivity contribution in [3.63, 3.8) is 0 Å². The molecule has 0 aromatic heterocycles. The molecule has 0 saturated heterocycles. The van der Waals surface area contributed by atoms with Gasteiger partial charge in [0.2, 0.25) is 0 Å². The first-order valence-corrected chi connectivity index (χ1v) is 6.56. The van der Waals surface area contributed by atoms with Gasteiger partial charge >= 0.3 is 0 Å². The highest BCUT2D eigenvalue weighted by atomic mass is 19.1. The second-order valence-electron chi connectivity index (χ2n) is 4.65. The first-order valence-electron chi connectivity index (χ1n) is 6.56. The Bertz CT molecular complexity index is 644. The number of rotatable bonds is 5. The van der Waals surface area contributed by atoms with E-state index in [0.717, 1.165) is 5.56 Å². The van der Waals surface area contributed by atoms with Crippen LogP contribution in [0.15, 0.2) is 42.5 Å². The monoisotopic (exact) mass is 288 g/mol. The highest BCUT2D eigenvalue weighted by molar-refractivity contribution is 5.91. The Labute approximate surface area is 122 Å². The molecule has 0 radical (unpaired) electrons. The molecule has 0 aliphatic carbocycles. The first-order chi connectivity index (χ1) is 10.1. The van der Waals surface area contributed by atoms with Gasteiger partial charge in [-0.2, -0.15) is 0 Å². The van der Waals surface area contributed by atoms with Crippen LogP contribution in [0.1, 0.15) is 11.1 Å². The summed E-state index contributed by atoms with van der Waals surface area (Å²) in [5, 5.41) is 2.72. The van der Waals surface area contributed by atoms with Crippen LogP contribution in [0.2, 0.25) is 0 Å². The number of benzene rings is 2. The summed E-state index contributed by atoms with van der Waals surface area (Å²) in [4.78, 5) is 11.8. The number of hydrogen-bond donors (Lipinski definition) is 2. The van der Waals surface area contributed by atoms with E-state index in [9.17, 15) is 9.18 Å². The Morgan fingerprint density at radius 1 is 1.29 bits per heavy atom. The highest BCUT2D eigenvalue weighted by Gasteiger charge is 2.06. The Balaban J connectivity index is 1.92. The average molecular weight is 288 g/mol. The van der Waals surface area contributed by atoms with Gasteiger partial charge in [-0.15, -0.1) is 0 Å². The van der Waals surface area contributed by atoms with Crippen LogP contribution >= 0.6 is 0 Å². The smallest absolute Gasteiger partial charge is 0.262 e. The van der Waals surface area contributed by atoms with E-state index in [1.165, 1.54) is 18.2 Å². The van der Waals surface area contributed by atoms with Crippen molar-refractivity contribution in [3.8, 4) is 5.75 Å². The molecule has 0 fully saturated rings. The zero-order valence-electron chi connectivity index (χ0n) is 11.7. The Hall–Kier alpha value is -2.40. The zero-order chi connectivity index (χ0) is 15.2. The molecule has 2 aromatic carbocycles. The van der Waals surface area contributed by atoms with Crippen molar-refractivity contribution in [1.82, 2.24) is 0 Å². The number of carbonyl (C=O) groups is 1. The minimum absolute atomic E-state index is 0.140. The number of halogens is 1. The van der Waals surface area contributed by atoms with Crippen LogP contribution < -0.4 is 15.8 Å². The second-order valence-corrected chi connectivity index (χ2v) is 4.65. The maximum absolute atomic E-state index is 13.0. The van der Waals surface area contributed by atoms with Crippen molar-refractivity contribution in [3.05, 3.63) is 59.4 Å². The summed E-state index contributed by atoms with van der Waals surface area (Å²) in [6.07, 6.45) is 0. The summed E-state index contributed by atoms with van der Waals surface area (Å²) in [6, 6.07) is 11.5. The van der Waals surface area contributed by atoms with Crippen LogP contribution in [0.5, 0.6) is 5.75 Å². The van der Waals surface area contributed by atoms with Crippen LogP contribution in [0.4, 0.5) is 10.1 Å². The Morgan fingerprint density at radius 2 is 2.10 bits per heavy atom. The Kier molecular flexibility index (Phi) is 4.90. The number of amides is 1. The molecule has 110 valence electrons. The summed E-state index contributed by atoms with van der Waals surface area (Å²) in [6.45, 7) is 2.00. The lowest BCUT2D eigenvalue weighted by Crippen LogP contribution is -2.20. The number of nitrogens with two attached hydrogens (primary N) is 1. The number of hydrogen-bond acceptors (Lipinski definition) is 3. The summed E-state index contributed by atoms with van der Waals surface area (Å²) in [7, 11) is 0. The van der Waals surface area contributed by atoms with Gasteiger partial charge < -0.3 is 15.8 Å². The van der Waals surface area contributed by atoms with E-state index in [1.54, 1.807) is 19.1 Å². The molecule has 3 N–H and O–H groups in total. The van der Waals surface area contributed by atoms with E-state index in [-0.39, 0.29) is 18.3 Å². The lowest BCUT2D eigenvalue weighted by atomic mass is 10.2. The van der Waals surface area contributed by atoms with Gasteiger partial charge in [0.25, 0.3) is 5.91 Å². The molecule has 21 heavy (non-hydrogen) atoms. The third-order valence-electron chi connectivity index (χ3n) is 2.94. The molecule has 1 amide bonds. The molecule has 0 heterocycles. The van der Waals surface area contributed by atoms with Crippen LogP contribution in [0, 0.1) is 12.7 Å². The summed E-state index contributed by atoms with van der Waals surface area (Å²) in [5.41, 5.74) is 7.79. The fourth-order valence-corrected chi connectivity index (χ4v) is 1.89. The van der Waals surface area contributed by atoms with E-state index in [0.29, 0.717) is 23.5 Å². The van der Waals surface area contributed by atoms with Gasteiger partial charge in [-0.05, 0) is 48.4 Å². The predicted molar refractivity (Wildman–Crippen MR) is 79.6 cm³/mol. The molecule has 5 heteroatoms. The molecule has 4 nitrogen and oxygen atoms in total. The third-order valence-corrected chi connectivity index (χ3v) is 2.94. The molecule has 0 atom stereocenters. The minimum atomic E-state index is -0.331. The van der Waals surface area contributed by atoms with Crippen molar-refractivity contribution in [2.75, 3.05) is 11.9 Å². The van der Waals surface area contributed by atoms with E-state index in [1.807, 2.05) is 12.1 Å². The van der Waals surface area contributed by atoms with Gasteiger partial charge in [0.15, 0.2) is 6.61 Å². The molecule has 0 saturated carbocycles. The van der Waals surface area contributed by atoms with E-state index >= 15 is 0 Å². The summed E-state index contributed by atoms with van der Waals surface area (Å²) >= 11 is 0. The molecule has 0 aliphatic heterocycles. The maximum atomic E-state index is 13.0. The first kappa shape index (κ1) is 15.0. The van der Waals surface area contributed by atoms with E-state index in [2.05, 4.69) is 5.32 Å². The number of nitrogens with one attached hydrogen (secondary N) is 1. The Morgan fingerprint density at radius 3 is 2.81 bits per heavy atom. The van der Waals surface area contributed by atoms with Crippen LogP contribution in [-0.4, -0.2) is 12.5 Å². The summed E-state index contributed by atoms with van der Waals surface area (Å²) < 4.78 is 18.3. The van der Waals surface area contributed by atoms with E-state index < -0.39 is 0 Å². The molecule has 0 unspecified atom stereocenters. The molecular weight excluding hydrogens is 271 g/mol. The maximum Gasteiger partial charge on any atom is 0.262 e. The van der Waals surface area contributed by atoms with Crippen molar-refractivity contribution >= 4 is 11.6 Å². The second kappa shape index (κ2) is 6.85. The SMILES string of the molecule is Cc1cc(F)ccc1OCC(=O)Nc1cccc(CN)c1. The fraction of sp³-hybridized carbons (Fsp3) is 0.188. The normalized spacial score (nSPS) is 10.2. The van der Waals surface area contributed by atoms with Crippen molar-refractivity contribution in [2.45, 2.75) is 13.5 Å². The van der Waals surface area contributed by atoms with Crippen LogP contribution in [0.25, 0.3) is 0 Å². The van der Waals surface area contributed by atoms with Gasteiger partial charge in [0.1, 0.15) is 11.6 Å². The standard InChI is InChI=1S/C16H17FN2O2/c1-11-7-13(17)5-6-15(11)21-10-16(20)19-14-4-2-3-12(8-14)9-18/h2-8H,9-10,18H2,1H3,(H,19,20). The van der Waals surface area contributed by atoms with Crippen molar-refractivity contribution in [1.29, 1.82) is 0 Å². The van der Waals surface area contributed by atoms with Gasteiger partial charge in [-0.25, -0.2) is 4.39 Å². The lowest BCUT2D eigenvalue weighted by molar-refractivity contribution is -0.118. The highest BCUT2D eigenvalue weighted by Crippen LogP contribution is 2.18. The number of aryl methyl sites for hydroxylation is 1. The van der Waals surface area contributed by atoms with Crippen LogP contribution in [0.3, 0.4) is 0 Å². The summed E-state index contributed by atoms with van der Waals surface area (Å²) in [5.74, 6) is -0.127. The third kappa shape index (κ3) is 4.29. The van der Waals surface area contributed by atoms with E-state index in [4.69, 9.17) is 10.5 Å². The van der Waals surface area contributed by atoms with Gasteiger partial charge in [-0.3, -0.25) is 4.79 Å². The quantitative estimate of drug-likeness (QED) is 0.889. The van der Waals surface area contributed by atoms with Gasteiger partial charge in [0, 0.05) is 12.2 Å². The largest absolute Gasteiger partial charge is 0.483 e. The lowest BCUT2D eigenvalue weighted by Gasteiger charge is -2.10. The number of anilines is 1. The fourth-order valence-electron chi connectivity index (χ4n) is 1.89. The minimum Gasteiger partial charge on any atom is -0.483 e. The molecule has 2 aromatic rings. The van der Waals surface area contributed by atoms with Crippen molar-refractivity contribution in [2.24, 2.45) is 5.73 Å². The average Bonchev–Trinajstić information content (AvgIpc) is 2.46. The number of carbonyl (C=O) groups excluding carboxylic acids is 1. The molecule has 0 bridgehead atoms. The molecule has 0 spiro atoms. The molecule has 2 rings (SSSR count). The molecular formula is C16H17FN2O2. The van der Waals surface area contributed by atoms with Gasteiger partial charge in [0.05, 0.1) is 0 Å². The van der Waals surface area contributed by atoms with Crippen LogP contribution in [-0.2, 0) is 11.3 Å². The number of ether oxygens (including phenoxy) is 1. The predicted octanol–water partition coefficient (Wildman–Crippen LogP) is 2.61.